The minimum absolute atomic E-state index is 0.429. The summed E-state index contributed by atoms with van der Waals surface area (Å²) in [6.45, 7) is 5.77. The van der Waals surface area contributed by atoms with Crippen LogP contribution in [0.4, 0.5) is 5.69 Å². The van der Waals surface area contributed by atoms with Gasteiger partial charge in [0.15, 0.2) is 5.96 Å². The van der Waals surface area contributed by atoms with Gasteiger partial charge in [0.25, 0.3) is 0 Å². The van der Waals surface area contributed by atoms with E-state index in [4.69, 9.17) is 4.99 Å². The number of hydrogen-bond donors (Lipinski definition) is 2. The number of nitrogens with one attached hydrogen (secondary N) is 2. The Labute approximate surface area is 144 Å². The van der Waals surface area contributed by atoms with Crippen LogP contribution < -0.4 is 15.5 Å². The molecular weight excluding hydrogens is 296 g/mol. The molecule has 1 aliphatic heterocycles. The molecular formula is C20H26N4. The first-order chi connectivity index (χ1) is 11.8. The van der Waals surface area contributed by atoms with E-state index in [0.717, 1.165) is 32.0 Å². The number of anilines is 1. The van der Waals surface area contributed by atoms with Crippen LogP contribution in [0.1, 0.15) is 18.9 Å². The predicted octanol–water partition coefficient (Wildman–Crippen LogP) is 3.02. The second kappa shape index (κ2) is 8.39. The summed E-state index contributed by atoms with van der Waals surface area (Å²) >= 11 is 0. The van der Waals surface area contributed by atoms with Crippen LogP contribution in [0.2, 0.25) is 0 Å². The molecule has 0 saturated carbocycles. The van der Waals surface area contributed by atoms with Crippen LogP contribution >= 0.6 is 0 Å². The highest BCUT2D eigenvalue weighted by Gasteiger charge is 2.23. The molecule has 4 heteroatoms. The summed E-state index contributed by atoms with van der Waals surface area (Å²) in [6, 6.07) is 21.4. The first-order valence-electron chi connectivity index (χ1n) is 8.74. The van der Waals surface area contributed by atoms with Gasteiger partial charge in [0.05, 0.1) is 6.54 Å². The zero-order chi connectivity index (χ0) is 16.6. The van der Waals surface area contributed by atoms with E-state index in [1.54, 1.807) is 0 Å². The van der Waals surface area contributed by atoms with Crippen molar-refractivity contribution in [1.29, 1.82) is 0 Å². The topological polar surface area (TPSA) is 39.7 Å². The lowest BCUT2D eigenvalue weighted by molar-refractivity contribution is 0.649. The monoisotopic (exact) mass is 322 g/mol. The number of rotatable bonds is 5. The maximum atomic E-state index is 4.72. The molecule has 0 spiro atoms. The summed E-state index contributed by atoms with van der Waals surface area (Å²) in [4.78, 5) is 7.15. The number of nitrogens with zero attached hydrogens (tertiary/aromatic N) is 2. The van der Waals surface area contributed by atoms with E-state index in [2.05, 4.69) is 77.1 Å². The molecule has 4 nitrogen and oxygen atoms in total. The molecule has 2 aromatic carbocycles. The second-order valence-electron chi connectivity index (χ2n) is 6.09. The number of para-hydroxylation sites is 1. The van der Waals surface area contributed by atoms with Crippen LogP contribution in [0.15, 0.2) is 65.7 Å². The maximum absolute atomic E-state index is 4.72. The molecule has 1 aliphatic rings. The van der Waals surface area contributed by atoms with Gasteiger partial charge in [0.2, 0.25) is 0 Å². The van der Waals surface area contributed by atoms with E-state index in [1.165, 1.54) is 11.3 Å². The van der Waals surface area contributed by atoms with Crippen molar-refractivity contribution in [3.63, 3.8) is 0 Å². The Morgan fingerprint density at radius 1 is 1.08 bits per heavy atom. The maximum Gasteiger partial charge on any atom is 0.191 e. The molecule has 126 valence electrons. The van der Waals surface area contributed by atoms with Crippen molar-refractivity contribution in [2.45, 2.75) is 25.9 Å². The Bertz CT molecular complexity index is 639. The fourth-order valence-electron chi connectivity index (χ4n) is 3.02. The SMILES string of the molecule is CCNC(=NCc1ccccc1)NC1CCN(c2ccccc2)C1. The third-order valence-corrected chi connectivity index (χ3v) is 4.26. The molecule has 0 aromatic heterocycles. The normalized spacial score (nSPS) is 17.8. The lowest BCUT2D eigenvalue weighted by Gasteiger charge is -2.20. The van der Waals surface area contributed by atoms with Gasteiger partial charge in [-0.1, -0.05) is 48.5 Å². The minimum Gasteiger partial charge on any atom is -0.369 e. The molecule has 2 aromatic rings. The lowest BCUT2D eigenvalue weighted by Crippen LogP contribution is -2.44. The summed E-state index contributed by atoms with van der Waals surface area (Å²) in [7, 11) is 0. The molecule has 1 unspecified atom stereocenters. The lowest BCUT2D eigenvalue weighted by atomic mass is 10.2. The van der Waals surface area contributed by atoms with Gasteiger partial charge in [-0.25, -0.2) is 4.99 Å². The average Bonchev–Trinajstić information content (AvgIpc) is 3.10. The van der Waals surface area contributed by atoms with Gasteiger partial charge in [-0.2, -0.15) is 0 Å². The molecule has 3 rings (SSSR count). The average molecular weight is 322 g/mol. The van der Waals surface area contributed by atoms with E-state index in [0.29, 0.717) is 12.6 Å². The summed E-state index contributed by atoms with van der Waals surface area (Å²) in [6.07, 6.45) is 1.13. The summed E-state index contributed by atoms with van der Waals surface area (Å²) in [5.74, 6) is 0.904. The highest BCUT2D eigenvalue weighted by atomic mass is 15.2. The standard InChI is InChI=1S/C20H26N4/c1-2-21-20(22-15-17-9-5-3-6-10-17)23-18-13-14-24(16-18)19-11-7-4-8-12-19/h3-12,18H,2,13-16H2,1H3,(H2,21,22,23). The van der Waals surface area contributed by atoms with Crippen molar-refractivity contribution >= 4 is 11.6 Å². The molecule has 0 radical (unpaired) electrons. The Hall–Kier alpha value is -2.49. The number of benzene rings is 2. The highest BCUT2D eigenvalue weighted by molar-refractivity contribution is 5.80. The molecule has 1 saturated heterocycles. The quantitative estimate of drug-likeness (QED) is 0.656. The number of guanidine groups is 1. The third kappa shape index (κ3) is 4.51. The minimum atomic E-state index is 0.429. The Morgan fingerprint density at radius 3 is 2.50 bits per heavy atom. The fraction of sp³-hybridized carbons (Fsp3) is 0.350. The van der Waals surface area contributed by atoms with Crippen molar-refractivity contribution in [1.82, 2.24) is 10.6 Å². The molecule has 2 N–H and O–H groups in total. The van der Waals surface area contributed by atoms with Crippen molar-refractivity contribution < 1.29 is 0 Å². The van der Waals surface area contributed by atoms with Crippen molar-refractivity contribution in [2.75, 3.05) is 24.5 Å². The van der Waals surface area contributed by atoms with Crippen LogP contribution in [0.25, 0.3) is 0 Å². The molecule has 0 aliphatic carbocycles. The van der Waals surface area contributed by atoms with E-state index < -0.39 is 0 Å². The largest absolute Gasteiger partial charge is 0.369 e. The first-order valence-corrected chi connectivity index (χ1v) is 8.74. The number of hydrogen-bond acceptors (Lipinski definition) is 2. The van der Waals surface area contributed by atoms with Crippen LogP contribution in [0, 0.1) is 0 Å². The molecule has 0 amide bonds. The van der Waals surface area contributed by atoms with Crippen molar-refractivity contribution in [3.8, 4) is 0 Å². The third-order valence-electron chi connectivity index (χ3n) is 4.26. The van der Waals surface area contributed by atoms with E-state index in [9.17, 15) is 0 Å². The summed E-state index contributed by atoms with van der Waals surface area (Å²) in [5, 5.41) is 6.94. The van der Waals surface area contributed by atoms with Gasteiger partial charge in [0.1, 0.15) is 0 Å². The van der Waals surface area contributed by atoms with Gasteiger partial charge in [0, 0.05) is 31.4 Å². The van der Waals surface area contributed by atoms with Gasteiger partial charge >= 0.3 is 0 Å². The predicted molar refractivity (Wildman–Crippen MR) is 101 cm³/mol. The molecule has 1 heterocycles. The Kier molecular flexibility index (Phi) is 5.72. The van der Waals surface area contributed by atoms with Gasteiger partial charge in [-0.05, 0) is 31.0 Å². The second-order valence-corrected chi connectivity index (χ2v) is 6.09. The first kappa shape index (κ1) is 16.4. The van der Waals surface area contributed by atoms with E-state index in [1.807, 2.05) is 6.07 Å². The Morgan fingerprint density at radius 2 is 1.79 bits per heavy atom. The molecule has 1 fully saturated rings. The zero-order valence-corrected chi connectivity index (χ0v) is 14.3. The van der Waals surface area contributed by atoms with Crippen LogP contribution in [0.3, 0.4) is 0 Å². The molecule has 0 bridgehead atoms. The molecule has 1 atom stereocenters. The van der Waals surface area contributed by atoms with E-state index >= 15 is 0 Å². The van der Waals surface area contributed by atoms with Crippen LogP contribution in [0.5, 0.6) is 0 Å². The fourth-order valence-corrected chi connectivity index (χ4v) is 3.02. The van der Waals surface area contributed by atoms with Crippen LogP contribution in [-0.2, 0) is 6.54 Å². The summed E-state index contributed by atoms with van der Waals surface area (Å²) < 4.78 is 0. The van der Waals surface area contributed by atoms with Crippen molar-refractivity contribution in [3.05, 3.63) is 66.2 Å². The van der Waals surface area contributed by atoms with Crippen molar-refractivity contribution in [2.24, 2.45) is 4.99 Å². The summed E-state index contributed by atoms with van der Waals surface area (Å²) in [5.41, 5.74) is 2.53. The van der Waals surface area contributed by atoms with Crippen LogP contribution in [-0.4, -0.2) is 31.6 Å². The Balaban J connectivity index is 1.58. The smallest absolute Gasteiger partial charge is 0.191 e. The van der Waals surface area contributed by atoms with Gasteiger partial charge in [-0.3, -0.25) is 0 Å². The highest BCUT2D eigenvalue weighted by Crippen LogP contribution is 2.19. The number of aliphatic imine (C=N–C) groups is 1. The van der Waals surface area contributed by atoms with Gasteiger partial charge in [-0.15, -0.1) is 0 Å². The molecule has 24 heavy (non-hydrogen) atoms. The zero-order valence-electron chi connectivity index (χ0n) is 14.3. The van der Waals surface area contributed by atoms with Gasteiger partial charge < -0.3 is 15.5 Å². The van der Waals surface area contributed by atoms with E-state index in [-0.39, 0.29) is 0 Å².